The summed E-state index contributed by atoms with van der Waals surface area (Å²) < 4.78 is 20.4. The summed E-state index contributed by atoms with van der Waals surface area (Å²) in [5, 5.41) is 5.96. The minimum atomic E-state index is -0.726. The highest BCUT2D eigenvalue weighted by molar-refractivity contribution is 5.95. The molecule has 0 unspecified atom stereocenters. The predicted octanol–water partition coefficient (Wildman–Crippen LogP) is -0.381. The lowest BCUT2D eigenvalue weighted by atomic mass is 10.1. The number of aromatic amines is 1. The largest absolute Gasteiger partial charge is 0.473 e. The molecule has 7 nitrogen and oxygen atoms in total. The number of halogens is 1. The van der Waals surface area contributed by atoms with Crippen LogP contribution in [0.2, 0.25) is 0 Å². The quantitative estimate of drug-likeness (QED) is 0.695. The Morgan fingerprint density at radius 1 is 1.47 bits per heavy atom. The third-order valence-corrected chi connectivity index (χ3v) is 2.71. The van der Waals surface area contributed by atoms with Crippen molar-refractivity contribution < 1.29 is 19.1 Å². The number of hydrogen-bond donors (Lipinski definition) is 0. The number of benzene rings is 1. The van der Waals surface area contributed by atoms with Crippen LogP contribution in [0.15, 0.2) is 16.9 Å². The molecule has 1 aromatic heterocycles. The van der Waals surface area contributed by atoms with Crippen molar-refractivity contribution in [1.82, 2.24) is 14.6 Å². The summed E-state index contributed by atoms with van der Waals surface area (Å²) in [5.41, 5.74) is -0.333. The van der Waals surface area contributed by atoms with Crippen molar-refractivity contribution in [3.8, 4) is 5.69 Å². The summed E-state index contributed by atoms with van der Waals surface area (Å²) >= 11 is 0. The third kappa shape index (κ3) is 2.01. The first-order chi connectivity index (χ1) is 8.97. The number of rotatable bonds is 2. The number of methoxy groups -OCH3 is 1. The number of nitrogens with one attached hydrogen (secondary N) is 1. The maximum Gasteiger partial charge on any atom is 0.473 e. The molecule has 1 aromatic carbocycles. The molecule has 0 radical (unpaired) electrons. The van der Waals surface area contributed by atoms with Crippen molar-refractivity contribution in [3.63, 3.8) is 0 Å². The lowest BCUT2D eigenvalue weighted by Crippen LogP contribution is -2.31. The van der Waals surface area contributed by atoms with Gasteiger partial charge in [0.05, 0.1) is 12.7 Å². The number of tetrazole rings is 1. The monoisotopic (exact) mass is 267 g/mol. The first kappa shape index (κ1) is 12.9. The van der Waals surface area contributed by atoms with Gasteiger partial charge in [0.1, 0.15) is 17.9 Å². The van der Waals surface area contributed by atoms with E-state index in [1.165, 1.54) is 26.3 Å². The number of carbonyl (C=O) groups is 1. The van der Waals surface area contributed by atoms with Crippen molar-refractivity contribution in [2.45, 2.75) is 6.92 Å². The summed E-state index contributed by atoms with van der Waals surface area (Å²) in [4.78, 5) is 23.6. The Balaban J connectivity index is 2.82. The number of carbonyl (C=O) groups excluding carboxylic acids is 1. The first-order valence-corrected chi connectivity index (χ1v) is 5.39. The average molecular weight is 267 g/mol. The van der Waals surface area contributed by atoms with E-state index in [-0.39, 0.29) is 11.3 Å². The smallest absolute Gasteiger partial charge is 0.465 e. The molecule has 100 valence electrons. The van der Waals surface area contributed by atoms with Gasteiger partial charge in [-0.05, 0) is 18.6 Å². The molecule has 2 rings (SSSR count). The van der Waals surface area contributed by atoms with Crippen LogP contribution in [0.25, 0.3) is 5.69 Å². The van der Waals surface area contributed by atoms with Gasteiger partial charge in [0.15, 0.2) is 5.82 Å². The Hall–Kier alpha value is -2.51. The van der Waals surface area contributed by atoms with E-state index >= 15 is 0 Å². The van der Waals surface area contributed by atoms with Gasteiger partial charge in [-0.1, -0.05) is 20.6 Å². The van der Waals surface area contributed by atoms with E-state index in [1.807, 2.05) is 0 Å². The lowest BCUT2D eigenvalue weighted by Gasteiger charge is -2.08. The van der Waals surface area contributed by atoms with Crippen molar-refractivity contribution in [2.24, 2.45) is 7.05 Å². The van der Waals surface area contributed by atoms with Gasteiger partial charge >= 0.3 is 11.7 Å². The highest BCUT2D eigenvalue weighted by Gasteiger charge is 2.25. The second kappa shape index (κ2) is 4.63. The molecule has 0 spiro atoms. The summed E-state index contributed by atoms with van der Waals surface area (Å²) in [6.45, 7) is 1.62. The van der Waals surface area contributed by atoms with Gasteiger partial charge in [-0.2, -0.15) is 0 Å². The molecule has 0 aliphatic carbocycles. The lowest BCUT2D eigenvalue weighted by molar-refractivity contribution is -0.546. The van der Waals surface area contributed by atoms with E-state index in [4.69, 9.17) is 0 Å². The molecule has 0 aliphatic rings. The predicted molar refractivity (Wildman–Crippen MR) is 61.4 cm³/mol. The fourth-order valence-corrected chi connectivity index (χ4v) is 1.73. The van der Waals surface area contributed by atoms with Crippen molar-refractivity contribution in [1.29, 1.82) is 0 Å². The Bertz CT molecular complexity index is 704. The zero-order valence-electron chi connectivity index (χ0n) is 10.6. The number of aromatic nitrogens is 4. The zero-order valence-corrected chi connectivity index (χ0v) is 10.6. The number of esters is 1. The van der Waals surface area contributed by atoms with Crippen LogP contribution in [0.5, 0.6) is 0 Å². The molecule has 0 saturated heterocycles. The fraction of sp³-hybridized carbons (Fsp3) is 0.273. The van der Waals surface area contributed by atoms with E-state index < -0.39 is 17.5 Å². The summed E-state index contributed by atoms with van der Waals surface area (Å²) in [7, 11) is 2.59. The highest BCUT2D eigenvalue weighted by atomic mass is 19.1. The second-order valence-corrected chi connectivity index (χ2v) is 3.92. The molecule has 0 fully saturated rings. The maximum atomic E-state index is 14.0. The molecule has 8 heteroatoms. The van der Waals surface area contributed by atoms with Crippen LogP contribution in [-0.2, 0) is 11.8 Å². The number of hydrogen-bond acceptors (Lipinski definition) is 4. The number of ether oxygens (including phenoxy) is 1. The van der Waals surface area contributed by atoms with Gasteiger partial charge < -0.3 is 4.74 Å². The van der Waals surface area contributed by atoms with Crippen LogP contribution >= 0.6 is 0 Å². The van der Waals surface area contributed by atoms with E-state index in [9.17, 15) is 14.0 Å². The van der Waals surface area contributed by atoms with Crippen LogP contribution in [-0.4, -0.2) is 27.7 Å². The molecule has 19 heavy (non-hydrogen) atoms. The normalized spacial score (nSPS) is 10.5. The molecule has 1 heterocycles. The van der Waals surface area contributed by atoms with E-state index in [0.29, 0.717) is 5.56 Å². The molecular weight excluding hydrogens is 255 g/mol. The molecule has 0 atom stereocenters. The minimum Gasteiger partial charge on any atom is -0.465 e. The van der Waals surface area contributed by atoms with Gasteiger partial charge in [-0.15, -0.1) is 0 Å². The third-order valence-electron chi connectivity index (χ3n) is 2.71. The molecular formula is C11H12FN4O3+. The summed E-state index contributed by atoms with van der Waals surface area (Å²) in [6.07, 6.45) is 0. The molecule has 0 amide bonds. The standard InChI is InChI=1S/C11H11FN4O3/c1-6-4-5-7(12)9(8(6)10(17)19-3)16-11(18)15(2)13-14-16/h4-5H,1-3H3/p+1. The van der Waals surface area contributed by atoms with Gasteiger partial charge in [-0.25, -0.2) is 14.0 Å². The SMILES string of the molecule is COC(=O)c1c(C)ccc(F)c1-n1[nH+]nn(C)c1=O. The van der Waals surface area contributed by atoms with Crippen molar-refractivity contribution in [3.05, 3.63) is 39.6 Å². The molecule has 2 aromatic rings. The van der Waals surface area contributed by atoms with Crippen LogP contribution in [0, 0.1) is 12.7 Å². The van der Waals surface area contributed by atoms with Crippen LogP contribution in [0.3, 0.4) is 0 Å². The summed E-state index contributed by atoms with van der Waals surface area (Å²) in [5.74, 6) is -1.45. The van der Waals surface area contributed by atoms with E-state index in [0.717, 1.165) is 9.36 Å². The number of nitrogens with zero attached hydrogens (tertiary/aromatic N) is 3. The topological polar surface area (TPSA) is 80.3 Å². The zero-order chi connectivity index (χ0) is 14.2. The number of aryl methyl sites for hydroxylation is 2. The number of H-pyrrole nitrogens is 1. The van der Waals surface area contributed by atoms with Crippen LogP contribution in [0.1, 0.15) is 15.9 Å². The van der Waals surface area contributed by atoms with Crippen molar-refractivity contribution >= 4 is 5.97 Å². The second-order valence-electron chi connectivity index (χ2n) is 3.92. The molecule has 0 saturated carbocycles. The van der Waals surface area contributed by atoms with Gasteiger partial charge in [0, 0.05) is 0 Å². The fourth-order valence-electron chi connectivity index (χ4n) is 1.73. The molecule has 0 aliphatic heterocycles. The van der Waals surface area contributed by atoms with Gasteiger partial charge in [-0.3, -0.25) is 0 Å². The highest BCUT2D eigenvalue weighted by Crippen LogP contribution is 2.20. The van der Waals surface area contributed by atoms with E-state index in [2.05, 4.69) is 15.2 Å². The van der Waals surface area contributed by atoms with Gasteiger partial charge in [0.2, 0.25) is 0 Å². The minimum absolute atomic E-state index is 0.0196. The molecule has 0 bridgehead atoms. The van der Waals surface area contributed by atoms with Crippen LogP contribution in [0.4, 0.5) is 4.39 Å². The Morgan fingerprint density at radius 3 is 2.68 bits per heavy atom. The van der Waals surface area contributed by atoms with Crippen LogP contribution < -0.4 is 10.9 Å². The molecule has 1 N–H and O–H groups in total. The van der Waals surface area contributed by atoms with Gasteiger partial charge in [0.25, 0.3) is 0 Å². The Kier molecular flexibility index (Phi) is 3.16. The maximum absolute atomic E-state index is 14.0. The van der Waals surface area contributed by atoms with Crippen molar-refractivity contribution in [2.75, 3.05) is 7.11 Å². The first-order valence-electron chi connectivity index (χ1n) is 5.39. The summed E-state index contributed by atoms with van der Waals surface area (Å²) in [6, 6.07) is 2.61. The average Bonchev–Trinajstić information content (AvgIpc) is 2.72. The Morgan fingerprint density at radius 2 is 2.16 bits per heavy atom. The van der Waals surface area contributed by atoms with E-state index in [1.54, 1.807) is 6.92 Å². The Labute approximate surface area is 107 Å².